The minimum Gasteiger partial charge on any atom is -0.393 e. The molecule has 0 amide bonds. The molecular weight excluding hydrogens is 248 g/mol. The van der Waals surface area contributed by atoms with Crippen molar-refractivity contribution in [3.05, 3.63) is 22.8 Å². The van der Waals surface area contributed by atoms with Gasteiger partial charge in [-0.3, -0.25) is 4.79 Å². The molecule has 20 heavy (non-hydrogen) atoms. The van der Waals surface area contributed by atoms with Crippen LogP contribution in [-0.4, -0.2) is 17.0 Å². The van der Waals surface area contributed by atoms with Crippen LogP contribution in [0.15, 0.2) is 22.8 Å². The molecule has 0 heterocycles. The number of rotatable bonds is 0. The van der Waals surface area contributed by atoms with Crippen LogP contribution in [0.3, 0.4) is 0 Å². The number of aliphatic hydroxyl groups excluding tert-OH is 1. The van der Waals surface area contributed by atoms with Gasteiger partial charge in [-0.05, 0) is 79.4 Å². The predicted octanol–water partition coefficient (Wildman–Crippen LogP) is 3.55. The highest BCUT2D eigenvalue weighted by atomic mass is 16.3. The lowest BCUT2D eigenvalue weighted by Gasteiger charge is -2.48. The molecule has 2 fully saturated rings. The second kappa shape index (κ2) is 4.30. The van der Waals surface area contributed by atoms with Gasteiger partial charge in [-0.1, -0.05) is 12.5 Å². The molecule has 0 aliphatic heterocycles. The van der Waals surface area contributed by atoms with Crippen molar-refractivity contribution in [3.8, 4) is 0 Å². The summed E-state index contributed by atoms with van der Waals surface area (Å²) >= 11 is 0. The minimum atomic E-state index is -0.0936. The Morgan fingerprint density at radius 1 is 1.15 bits per heavy atom. The van der Waals surface area contributed by atoms with Gasteiger partial charge < -0.3 is 5.11 Å². The van der Waals surface area contributed by atoms with Crippen molar-refractivity contribution in [1.82, 2.24) is 0 Å². The molecule has 0 unspecified atom stereocenters. The predicted molar refractivity (Wildman–Crippen MR) is 78.1 cm³/mol. The zero-order valence-corrected chi connectivity index (χ0v) is 12.3. The van der Waals surface area contributed by atoms with E-state index in [0.717, 1.165) is 32.1 Å². The third-order valence-electron chi connectivity index (χ3n) is 6.68. The molecule has 4 aliphatic rings. The lowest BCUT2D eigenvalue weighted by Crippen LogP contribution is -2.42. The average Bonchev–Trinajstić information content (AvgIpc) is 2.74. The molecule has 0 bridgehead atoms. The van der Waals surface area contributed by atoms with Gasteiger partial charge in [-0.25, -0.2) is 0 Å². The van der Waals surface area contributed by atoms with Crippen LogP contribution < -0.4 is 0 Å². The van der Waals surface area contributed by atoms with E-state index < -0.39 is 0 Å². The summed E-state index contributed by atoms with van der Waals surface area (Å²) in [4.78, 5) is 11.6. The van der Waals surface area contributed by atoms with Crippen molar-refractivity contribution in [3.63, 3.8) is 0 Å². The van der Waals surface area contributed by atoms with Gasteiger partial charge >= 0.3 is 0 Å². The fraction of sp³-hybridized carbons (Fsp3) is 0.722. The number of ketones is 1. The smallest absolute Gasteiger partial charge is 0.156 e. The second-order valence-electron chi connectivity index (χ2n) is 7.49. The van der Waals surface area contributed by atoms with Crippen molar-refractivity contribution < 1.29 is 9.90 Å². The van der Waals surface area contributed by atoms with E-state index >= 15 is 0 Å². The Balaban J connectivity index is 1.74. The van der Waals surface area contributed by atoms with Crippen molar-refractivity contribution in [2.75, 3.05) is 0 Å². The first-order valence-corrected chi connectivity index (χ1v) is 8.23. The highest BCUT2D eigenvalue weighted by Crippen LogP contribution is 2.59. The maximum absolute atomic E-state index is 11.6. The summed E-state index contributed by atoms with van der Waals surface area (Å²) < 4.78 is 0. The summed E-state index contributed by atoms with van der Waals surface area (Å²) in [6.45, 7) is 2.31. The summed E-state index contributed by atoms with van der Waals surface area (Å²) in [5, 5.41) is 10.4. The Morgan fingerprint density at radius 2 is 2.00 bits per heavy atom. The van der Waals surface area contributed by atoms with E-state index in [1.807, 2.05) is 6.08 Å². The molecule has 1 N–H and O–H groups in total. The van der Waals surface area contributed by atoms with E-state index in [1.54, 1.807) is 5.57 Å². The van der Waals surface area contributed by atoms with E-state index in [-0.39, 0.29) is 11.5 Å². The normalized spacial score (nSPS) is 43.8. The number of carbonyl (C=O) groups is 1. The summed E-state index contributed by atoms with van der Waals surface area (Å²) in [5.74, 6) is 1.68. The van der Waals surface area contributed by atoms with E-state index in [2.05, 4.69) is 6.92 Å². The molecule has 0 saturated heterocycles. The molecule has 0 spiro atoms. The Labute approximate surface area is 120 Å². The highest BCUT2D eigenvalue weighted by molar-refractivity contribution is 5.93. The van der Waals surface area contributed by atoms with Crippen molar-refractivity contribution in [2.24, 2.45) is 17.3 Å². The quantitative estimate of drug-likeness (QED) is 0.732. The summed E-state index contributed by atoms with van der Waals surface area (Å²) in [6.07, 6.45) is 10.2. The topological polar surface area (TPSA) is 37.3 Å². The van der Waals surface area contributed by atoms with Crippen molar-refractivity contribution in [1.29, 1.82) is 0 Å². The SMILES string of the molecule is C[C@]12CCC3=C4CCC(=O)C=C4CC[C@@H]3[C@@H]1CC[C@@H]2O. The first-order valence-electron chi connectivity index (χ1n) is 8.23. The van der Waals surface area contributed by atoms with Crippen LogP contribution >= 0.6 is 0 Å². The molecule has 2 saturated carbocycles. The average molecular weight is 272 g/mol. The molecule has 108 valence electrons. The van der Waals surface area contributed by atoms with Crippen LogP contribution in [0.2, 0.25) is 0 Å². The number of allylic oxidation sites excluding steroid dienone is 4. The molecular formula is C18H24O2. The van der Waals surface area contributed by atoms with Gasteiger partial charge in [0.15, 0.2) is 5.78 Å². The fourth-order valence-corrected chi connectivity index (χ4v) is 5.50. The number of hydrogen-bond donors (Lipinski definition) is 1. The number of carbonyl (C=O) groups excluding carboxylic acids is 1. The molecule has 4 aliphatic carbocycles. The zero-order valence-electron chi connectivity index (χ0n) is 12.3. The summed E-state index contributed by atoms with van der Waals surface area (Å²) in [5.41, 5.74) is 4.69. The second-order valence-corrected chi connectivity index (χ2v) is 7.49. The lowest BCUT2D eigenvalue weighted by atomic mass is 9.57. The van der Waals surface area contributed by atoms with Gasteiger partial charge in [0.1, 0.15) is 0 Å². The van der Waals surface area contributed by atoms with Gasteiger partial charge in [0.2, 0.25) is 0 Å². The molecule has 0 aromatic rings. The van der Waals surface area contributed by atoms with Crippen LogP contribution in [0, 0.1) is 17.3 Å². The van der Waals surface area contributed by atoms with Crippen LogP contribution in [0.5, 0.6) is 0 Å². The third-order valence-corrected chi connectivity index (χ3v) is 6.68. The highest BCUT2D eigenvalue weighted by Gasteiger charge is 2.53. The van der Waals surface area contributed by atoms with Gasteiger partial charge in [0.25, 0.3) is 0 Å². The Bertz CT molecular complexity index is 528. The lowest BCUT2D eigenvalue weighted by molar-refractivity contribution is -0.114. The first-order chi connectivity index (χ1) is 9.59. The van der Waals surface area contributed by atoms with Gasteiger partial charge in [0.05, 0.1) is 6.10 Å². The van der Waals surface area contributed by atoms with Crippen LogP contribution in [0.4, 0.5) is 0 Å². The van der Waals surface area contributed by atoms with Gasteiger partial charge in [-0.2, -0.15) is 0 Å². The van der Waals surface area contributed by atoms with E-state index in [9.17, 15) is 9.90 Å². The number of hydrogen-bond acceptors (Lipinski definition) is 2. The molecule has 2 nitrogen and oxygen atoms in total. The van der Waals surface area contributed by atoms with Gasteiger partial charge in [0, 0.05) is 6.42 Å². The van der Waals surface area contributed by atoms with E-state index in [1.165, 1.54) is 24.0 Å². The summed E-state index contributed by atoms with van der Waals surface area (Å²) in [6, 6.07) is 0. The minimum absolute atomic E-state index is 0.0936. The molecule has 2 heteroatoms. The molecule has 0 aromatic carbocycles. The first kappa shape index (κ1) is 12.8. The Morgan fingerprint density at radius 3 is 2.85 bits per heavy atom. The monoisotopic (exact) mass is 272 g/mol. The van der Waals surface area contributed by atoms with E-state index in [0.29, 0.717) is 24.0 Å². The Hall–Kier alpha value is -0.890. The molecule has 4 rings (SSSR count). The molecule has 0 aromatic heterocycles. The van der Waals surface area contributed by atoms with Crippen LogP contribution in [-0.2, 0) is 4.79 Å². The van der Waals surface area contributed by atoms with Crippen LogP contribution in [0.25, 0.3) is 0 Å². The maximum atomic E-state index is 11.6. The van der Waals surface area contributed by atoms with Gasteiger partial charge in [-0.15, -0.1) is 0 Å². The standard InChI is InChI=1S/C18H24O2/c1-18-9-8-14-13-5-3-12(19)10-11(13)2-4-15(14)16(18)6-7-17(18)20/h10,15-17,20H,2-9H2,1H3/t15-,16-,17-,18-/m0/s1. The molecule has 4 atom stereocenters. The fourth-order valence-electron chi connectivity index (χ4n) is 5.50. The van der Waals surface area contributed by atoms with Crippen molar-refractivity contribution >= 4 is 5.78 Å². The Kier molecular flexibility index (Phi) is 2.76. The number of fused-ring (bicyclic) bond motifs is 4. The number of aliphatic hydroxyl groups is 1. The maximum Gasteiger partial charge on any atom is 0.156 e. The van der Waals surface area contributed by atoms with Crippen molar-refractivity contribution in [2.45, 2.75) is 64.4 Å². The molecule has 0 radical (unpaired) electrons. The van der Waals surface area contributed by atoms with E-state index in [4.69, 9.17) is 0 Å². The zero-order chi connectivity index (χ0) is 13.9. The largest absolute Gasteiger partial charge is 0.393 e. The van der Waals surface area contributed by atoms with Crippen LogP contribution in [0.1, 0.15) is 58.3 Å². The third kappa shape index (κ3) is 1.64. The summed E-state index contributed by atoms with van der Waals surface area (Å²) in [7, 11) is 0.